The summed E-state index contributed by atoms with van der Waals surface area (Å²) in [5.41, 5.74) is 1.04. The lowest BCUT2D eigenvalue weighted by Crippen LogP contribution is -2.29. The van der Waals surface area contributed by atoms with Gasteiger partial charge in [-0.1, -0.05) is 35.5 Å². The smallest absolute Gasteiger partial charge is 0.349 e. The Labute approximate surface area is 167 Å². The highest BCUT2D eigenvalue weighted by atomic mass is 16.5. The van der Waals surface area contributed by atoms with Crippen molar-refractivity contribution in [3.63, 3.8) is 0 Å². The maximum absolute atomic E-state index is 12.4. The Morgan fingerprint density at radius 2 is 1.97 bits per heavy atom. The number of rotatable bonds is 9. The Morgan fingerprint density at radius 3 is 2.69 bits per heavy atom. The number of amides is 1. The lowest BCUT2D eigenvalue weighted by molar-refractivity contribution is 0.0941. The second-order valence-corrected chi connectivity index (χ2v) is 6.57. The van der Waals surface area contributed by atoms with Gasteiger partial charge in [0.25, 0.3) is 5.91 Å². The summed E-state index contributed by atoms with van der Waals surface area (Å²) in [6.07, 6.45) is 1.84. The summed E-state index contributed by atoms with van der Waals surface area (Å²) in [5.74, 6) is 0.760. The van der Waals surface area contributed by atoms with E-state index in [9.17, 15) is 9.59 Å². The molecule has 8 nitrogen and oxygen atoms in total. The van der Waals surface area contributed by atoms with Crippen molar-refractivity contribution in [2.24, 2.45) is 0 Å². The third-order valence-electron chi connectivity index (χ3n) is 4.37. The van der Waals surface area contributed by atoms with Gasteiger partial charge in [0.15, 0.2) is 5.82 Å². The first-order chi connectivity index (χ1) is 14.1. The number of hydrogen-bond acceptors (Lipinski definition) is 7. The molecular weight excluding hydrogens is 374 g/mol. The van der Waals surface area contributed by atoms with Crippen LogP contribution < -0.4 is 10.9 Å². The second-order valence-electron chi connectivity index (χ2n) is 6.57. The van der Waals surface area contributed by atoms with Crippen molar-refractivity contribution in [1.82, 2.24) is 15.5 Å². The number of benzene rings is 1. The topological polar surface area (TPSA) is 107 Å². The summed E-state index contributed by atoms with van der Waals surface area (Å²) in [5, 5.41) is 6.42. The molecule has 152 valence electrons. The van der Waals surface area contributed by atoms with E-state index >= 15 is 0 Å². The van der Waals surface area contributed by atoms with Crippen molar-refractivity contribution in [2.45, 2.75) is 32.7 Å². The first kappa shape index (κ1) is 20.5. The van der Waals surface area contributed by atoms with E-state index in [1.165, 1.54) is 0 Å². The first-order valence-corrected chi connectivity index (χ1v) is 9.33. The molecule has 0 unspecified atom stereocenters. The minimum atomic E-state index is -0.656. The summed E-state index contributed by atoms with van der Waals surface area (Å²) < 4.78 is 15.4. The molecule has 0 saturated heterocycles. The van der Waals surface area contributed by atoms with Gasteiger partial charge < -0.3 is 19.0 Å². The van der Waals surface area contributed by atoms with Crippen LogP contribution in [0.2, 0.25) is 0 Å². The minimum absolute atomic E-state index is 0.0208. The summed E-state index contributed by atoms with van der Waals surface area (Å²) in [4.78, 5) is 29.0. The van der Waals surface area contributed by atoms with Crippen LogP contribution in [0.1, 0.15) is 39.0 Å². The molecule has 0 atom stereocenters. The summed E-state index contributed by atoms with van der Waals surface area (Å²) in [6.45, 7) is 2.21. The van der Waals surface area contributed by atoms with E-state index in [0.29, 0.717) is 36.6 Å². The number of aryl methyl sites for hydroxylation is 3. The molecule has 0 spiro atoms. The van der Waals surface area contributed by atoms with Crippen LogP contribution in [0.25, 0.3) is 0 Å². The molecular formula is C21H23N3O5. The zero-order valence-electron chi connectivity index (χ0n) is 16.4. The molecule has 0 aliphatic carbocycles. The largest absolute Gasteiger partial charge is 0.427 e. The highest BCUT2D eigenvalue weighted by Gasteiger charge is 2.18. The van der Waals surface area contributed by atoms with Crippen molar-refractivity contribution in [2.75, 3.05) is 13.7 Å². The lowest BCUT2D eigenvalue weighted by Gasteiger charge is -2.07. The number of methoxy groups -OCH3 is 1. The van der Waals surface area contributed by atoms with Gasteiger partial charge in [0.2, 0.25) is 5.89 Å². The monoisotopic (exact) mass is 397 g/mol. The van der Waals surface area contributed by atoms with Gasteiger partial charge in [0.05, 0.1) is 13.2 Å². The van der Waals surface area contributed by atoms with E-state index in [4.69, 9.17) is 13.7 Å². The maximum Gasteiger partial charge on any atom is 0.349 e. The molecule has 1 amide bonds. The molecule has 1 aromatic carbocycles. The summed E-state index contributed by atoms with van der Waals surface area (Å²) in [7, 11) is 1.59. The van der Waals surface area contributed by atoms with Gasteiger partial charge >= 0.3 is 5.63 Å². The molecule has 0 fully saturated rings. The molecule has 2 aromatic heterocycles. The van der Waals surface area contributed by atoms with Crippen LogP contribution in [0.4, 0.5) is 0 Å². The Balaban J connectivity index is 1.61. The molecule has 29 heavy (non-hydrogen) atoms. The molecule has 0 bridgehead atoms. The summed E-state index contributed by atoms with van der Waals surface area (Å²) in [6, 6.07) is 11.7. The van der Waals surface area contributed by atoms with Gasteiger partial charge in [0, 0.05) is 20.0 Å². The number of nitrogens with one attached hydrogen (secondary N) is 1. The van der Waals surface area contributed by atoms with Gasteiger partial charge in [-0.2, -0.15) is 4.98 Å². The maximum atomic E-state index is 12.4. The van der Waals surface area contributed by atoms with Crippen LogP contribution >= 0.6 is 0 Å². The Morgan fingerprint density at radius 1 is 1.17 bits per heavy atom. The predicted octanol–water partition coefficient (Wildman–Crippen LogP) is 2.24. The molecule has 0 radical (unpaired) electrons. The minimum Gasteiger partial charge on any atom is -0.427 e. The molecule has 8 heteroatoms. The Bertz CT molecular complexity index is 1010. The van der Waals surface area contributed by atoms with E-state index in [1.54, 1.807) is 20.1 Å². The van der Waals surface area contributed by atoms with E-state index < -0.39 is 11.5 Å². The van der Waals surface area contributed by atoms with Crippen LogP contribution in [0.3, 0.4) is 0 Å². The third-order valence-corrected chi connectivity index (χ3v) is 4.37. The predicted molar refractivity (Wildman–Crippen MR) is 105 cm³/mol. The second kappa shape index (κ2) is 9.79. The Kier molecular flexibility index (Phi) is 6.91. The van der Waals surface area contributed by atoms with Gasteiger partial charge in [-0.3, -0.25) is 4.79 Å². The molecule has 0 aliphatic rings. The van der Waals surface area contributed by atoms with Gasteiger partial charge in [-0.25, -0.2) is 4.79 Å². The molecule has 0 aliphatic heterocycles. The number of aromatic nitrogens is 2. The normalized spacial score (nSPS) is 10.8. The van der Waals surface area contributed by atoms with Crippen molar-refractivity contribution < 1.29 is 18.5 Å². The fourth-order valence-corrected chi connectivity index (χ4v) is 2.88. The van der Waals surface area contributed by atoms with Crippen LogP contribution in [0.5, 0.6) is 0 Å². The lowest BCUT2D eigenvalue weighted by atomic mass is 10.1. The van der Waals surface area contributed by atoms with Crippen LogP contribution in [-0.4, -0.2) is 29.8 Å². The molecule has 3 rings (SSSR count). The van der Waals surface area contributed by atoms with E-state index in [-0.39, 0.29) is 18.0 Å². The molecule has 0 saturated carbocycles. The standard InChI is InChI=1S/C21H23N3O5/c1-14-12-16(9-8-15-6-4-3-5-7-15)28-21(26)19(14)20(25)22-13-18-23-17(24-29-18)10-11-27-2/h3-7,12H,8-11,13H2,1-2H3,(H,22,25). The number of nitrogens with zero attached hydrogens (tertiary/aromatic N) is 2. The van der Waals surface area contributed by atoms with E-state index in [0.717, 1.165) is 12.0 Å². The summed E-state index contributed by atoms with van der Waals surface area (Å²) >= 11 is 0. The average molecular weight is 397 g/mol. The zero-order valence-corrected chi connectivity index (χ0v) is 16.4. The van der Waals surface area contributed by atoms with Crippen LogP contribution in [-0.2, 0) is 30.5 Å². The zero-order chi connectivity index (χ0) is 20.6. The van der Waals surface area contributed by atoms with E-state index in [1.807, 2.05) is 30.3 Å². The quantitative estimate of drug-likeness (QED) is 0.590. The van der Waals surface area contributed by atoms with Crippen molar-refractivity contribution in [1.29, 1.82) is 0 Å². The number of hydrogen-bond donors (Lipinski definition) is 1. The molecule has 3 aromatic rings. The van der Waals surface area contributed by atoms with Crippen LogP contribution in [0, 0.1) is 6.92 Å². The number of ether oxygens (including phenoxy) is 1. The van der Waals surface area contributed by atoms with E-state index in [2.05, 4.69) is 15.5 Å². The van der Waals surface area contributed by atoms with Gasteiger partial charge in [-0.05, 0) is 30.5 Å². The highest BCUT2D eigenvalue weighted by molar-refractivity contribution is 5.94. The first-order valence-electron chi connectivity index (χ1n) is 9.33. The fourth-order valence-electron chi connectivity index (χ4n) is 2.88. The fraction of sp³-hybridized carbons (Fsp3) is 0.333. The van der Waals surface area contributed by atoms with Gasteiger partial charge in [0.1, 0.15) is 11.3 Å². The van der Waals surface area contributed by atoms with Crippen molar-refractivity contribution in [3.05, 3.63) is 81.0 Å². The molecule has 1 N–H and O–H groups in total. The highest BCUT2D eigenvalue weighted by Crippen LogP contribution is 2.11. The number of carbonyl (C=O) groups is 1. The molecule has 2 heterocycles. The van der Waals surface area contributed by atoms with Crippen LogP contribution in [0.15, 0.2) is 50.1 Å². The average Bonchev–Trinajstić information content (AvgIpc) is 3.17. The van der Waals surface area contributed by atoms with Crippen molar-refractivity contribution >= 4 is 5.91 Å². The SMILES string of the molecule is COCCc1noc(CNC(=O)c2c(C)cc(CCc3ccccc3)oc2=O)n1. The Hall–Kier alpha value is -3.26. The third kappa shape index (κ3) is 5.61. The number of carbonyl (C=O) groups excluding carboxylic acids is 1. The van der Waals surface area contributed by atoms with Crippen molar-refractivity contribution in [3.8, 4) is 0 Å². The van der Waals surface area contributed by atoms with Gasteiger partial charge in [-0.15, -0.1) is 0 Å².